The summed E-state index contributed by atoms with van der Waals surface area (Å²) >= 11 is 1.77. The molecule has 0 radical (unpaired) electrons. The summed E-state index contributed by atoms with van der Waals surface area (Å²) < 4.78 is 1.23. The Bertz CT molecular complexity index is 1330. The highest BCUT2D eigenvalue weighted by Gasteiger charge is 2.20. The molecule has 142 valence electrons. The van der Waals surface area contributed by atoms with Crippen LogP contribution in [0.25, 0.3) is 43.2 Å². The van der Waals surface area contributed by atoms with Crippen LogP contribution < -0.4 is 0 Å². The Hall–Kier alpha value is -3.04. The maximum absolute atomic E-state index is 4.81. The molecule has 2 nitrogen and oxygen atoms in total. The van der Waals surface area contributed by atoms with Gasteiger partial charge in [0.2, 0.25) is 0 Å². The second-order valence-electron chi connectivity index (χ2n) is 8.42. The molecule has 0 aliphatic carbocycles. The first-order chi connectivity index (χ1) is 14.0. The Balaban J connectivity index is 1.77. The average Bonchev–Trinajstić information content (AvgIpc) is 3.17. The lowest BCUT2D eigenvalue weighted by molar-refractivity contribution is 0.596. The van der Waals surface area contributed by atoms with Crippen LogP contribution in [0.4, 0.5) is 0 Å². The molecule has 3 heterocycles. The highest BCUT2D eigenvalue weighted by atomic mass is 32.1. The van der Waals surface area contributed by atoms with Crippen molar-refractivity contribution in [1.29, 1.82) is 0 Å². The van der Waals surface area contributed by atoms with Crippen LogP contribution in [0.15, 0.2) is 78.6 Å². The molecule has 0 saturated carbocycles. The van der Waals surface area contributed by atoms with E-state index in [1.807, 2.05) is 18.6 Å². The molecular formula is C26H22N2S. The molecule has 3 heteroatoms. The molecule has 0 amide bonds. The van der Waals surface area contributed by atoms with Gasteiger partial charge in [-0.3, -0.25) is 9.97 Å². The number of nitrogens with zero attached hydrogens (tertiary/aromatic N) is 2. The van der Waals surface area contributed by atoms with Gasteiger partial charge in [0.1, 0.15) is 0 Å². The van der Waals surface area contributed by atoms with Gasteiger partial charge in [-0.1, -0.05) is 45.0 Å². The van der Waals surface area contributed by atoms with Crippen molar-refractivity contribution in [3.05, 3.63) is 84.1 Å². The van der Waals surface area contributed by atoms with E-state index in [1.54, 1.807) is 11.3 Å². The Morgan fingerprint density at radius 1 is 0.793 bits per heavy atom. The maximum Gasteiger partial charge on any atom is 0.0880 e. The van der Waals surface area contributed by atoms with Gasteiger partial charge < -0.3 is 0 Å². The number of pyridine rings is 2. The second kappa shape index (κ2) is 6.78. The van der Waals surface area contributed by atoms with Crippen molar-refractivity contribution in [3.63, 3.8) is 0 Å². The van der Waals surface area contributed by atoms with Crippen LogP contribution in [0.3, 0.4) is 0 Å². The molecule has 0 atom stereocenters. The molecular weight excluding hydrogens is 372 g/mol. The molecule has 0 fully saturated rings. The number of hydrogen-bond acceptors (Lipinski definition) is 3. The fourth-order valence-corrected chi connectivity index (χ4v) is 5.08. The van der Waals surface area contributed by atoms with Crippen LogP contribution >= 0.6 is 11.3 Å². The summed E-state index contributed by atoms with van der Waals surface area (Å²) in [4.78, 5) is 8.97. The van der Waals surface area contributed by atoms with E-state index in [0.29, 0.717) is 0 Å². The zero-order valence-electron chi connectivity index (χ0n) is 16.8. The van der Waals surface area contributed by atoms with Gasteiger partial charge in [-0.25, -0.2) is 0 Å². The van der Waals surface area contributed by atoms with Gasteiger partial charge in [-0.2, -0.15) is 0 Å². The van der Waals surface area contributed by atoms with E-state index in [1.165, 1.54) is 43.1 Å². The van der Waals surface area contributed by atoms with Gasteiger partial charge in [-0.15, -0.1) is 11.3 Å². The van der Waals surface area contributed by atoms with Gasteiger partial charge in [0.25, 0.3) is 0 Å². The first-order valence-electron chi connectivity index (χ1n) is 9.82. The predicted octanol–water partition coefficient (Wildman–Crippen LogP) is 7.48. The molecule has 0 aliphatic heterocycles. The van der Waals surface area contributed by atoms with Gasteiger partial charge in [-0.05, 0) is 63.0 Å². The van der Waals surface area contributed by atoms with E-state index in [0.717, 1.165) is 5.69 Å². The monoisotopic (exact) mass is 394 g/mol. The van der Waals surface area contributed by atoms with Crippen molar-refractivity contribution >= 4 is 32.2 Å². The molecule has 0 bridgehead atoms. The lowest BCUT2D eigenvalue weighted by Crippen LogP contribution is -2.12. The second-order valence-corrected chi connectivity index (χ2v) is 9.30. The van der Waals surface area contributed by atoms with Crippen LogP contribution in [0.2, 0.25) is 0 Å². The molecule has 29 heavy (non-hydrogen) atoms. The largest absolute Gasteiger partial charge is 0.265 e. The summed E-state index contributed by atoms with van der Waals surface area (Å²) in [7, 11) is 0. The molecule has 0 saturated heterocycles. The molecule has 5 aromatic rings. The fraction of sp³-hybridized carbons (Fsp3) is 0.154. The van der Waals surface area contributed by atoms with Gasteiger partial charge in [0, 0.05) is 35.1 Å². The molecule has 2 aromatic carbocycles. The molecule has 5 rings (SSSR count). The number of benzene rings is 2. The molecule has 3 aromatic heterocycles. The Morgan fingerprint density at radius 3 is 2.38 bits per heavy atom. The zero-order chi connectivity index (χ0) is 20.0. The van der Waals surface area contributed by atoms with Crippen molar-refractivity contribution in [2.45, 2.75) is 26.2 Å². The summed E-state index contributed by atoms with van der Waals surface area (Å²) in [6, 6.07) is 19.5. The lowest BCUT2D eigenvalue weighted by atomic mass is 9.82. The zero-order valence-corrected chi connectivity index (χ0v) is 17.6. The highest BCUT2D eigenvalue weighted by Crippen LogP contribution is 2.40. The van der Waals surface area contributed by atoms with Crippen molar-refractivity contribution in [2.75, 3.05) is 0 Å². The number of fused-ring (bicyclic) bond motifs is 2. The summed E-state index contributed by atoms with van der Waals surface area (Å²) in [5.74, 6) is 0. The topological polar surface area (TPSA) is 25.8 Å². The van der Waals surface area contributed by atoms with E-state index in [9.17, 15) is 0 Å². The summed E-state index contributed by atoms with van der Waals surface area (Å²) in [5, 5.41) is 6.06. The molecule has 0 unspecified atom stereocenters. The summed E-state index contributed by atoms with van der Waals surface area (Å²) in [6.07, 6.45) is 5.63. The highest BCUT2D eigenvalue weighted by molar-refractivity contribution is 7.18. The van der Waals surface area contributed by atoms with E-state index >= 15 is 0 Å². The van der Waals surface area contributed by atoms with Crippen LogP contribution in [0, 0.1) is 0 Å². The van der Waals surface area contributed by atoms with Gasteiger partial charge in [0.15, 0.2) is 0 Å². The van der Waals surface area contributed by atoms with Crippen LogP contribution in [0.1, 0.15) is 26.3 Å². The minimum atomic E-state index is 0.0567. The molecule has 0 spiro atoms. The van der Waals surface area contributed by atoms with E-state index in [4.69, 9.17) is 4.98 Å². The average molecular weight is 395 g/mol. The Morgan fingerprint density at radius 2 is 1.59 bits per heavy atom. The van der Waals surface area contributed by atoms with Crippen molar-refractivity contribution in [1.82, 2.24) is 9.97 Å². The van der Waals surface area contributed by atoms with E-state index in [2.05, 4.69) is 85.7 Å². The van der Waals surface area contributed by atoms with Gasteiger partial charge in [0.05, 0.1) is 10.4 Å². The third kappa shape index (κ3) is 3.12. The maximum atomic E-state index is 4.81. The first kappa shape index (κ1) is 18.0. The number of aromatic nitrogens is 2. The number of hydrogen-bond donors (Lipinski definition) is 0. The van der Waals surface area contributed by atoms with Crippen LogP contribution in [-0.4, -0.2) is 9.97 Å². The van der Waals surface area contributed by atoms with Gasteiger partial charge >= 0.3 is 0 Å². The number of rotatable bonds is 2. The summed E-state index contributed by atoms with van der Waals surface area (Å²) in [6.45, 7) is 6.83. The normalized spacial score (nSPS) is 12.0. The SMILES string of the molecule is CC(C)(C)c1cc(-c2nccc3c(-c4ccncc4)csc23)cc2ccccc12. The van der Waals surface area contributed by atoms with Crippen LogP contribution in [0.5, 0.6) is 0 Å². The van der Waals surface area contributed by atoms with Crippen molar-refractivity contribution in [2.24, 2.45) is 0 Å². The third-order valence-corrected chi connectivity index (χ3v) is 6.43. The molecule has 0 N–H and O–H groups in total. The third-order valence-electron chi connectivity index (χ3n) is 5.42. The van der Waals surface area contributed by atoms with Crippen LogP contribution in [-0.2, 0) is 5.41 Å². The fourth-order valence-electron chi connectivity index (χ4n) is 3.99. The van der Waals surface area contributed by atoms with E-state index < -0.39 is 0 Å². The number of thiophene rings is 1. The smallest absolute Gasteiger partial charge is 0.0880 e. The first-order valence-corrected chi connectivity index (χ1v) is 10.7. The standard InChI is InChI=1S/C26H22N2S/c1-26(2,3)23-15-19(14-18-6-4-5-7-20(18)23)24-25-21(10-13-28-24)22(16-29-25)17-8-11-27-12-9-17/h4-16H,1-3H3. The Kier molecular flexibility index (Phi) is 4.21. The Labute approximate surface area is 174 Å². The lowest BCUT2D eigenvalue weighted by Gasteiger charge is -2.22. The molecule has 0 aliphatic rings. The summed E-state index contributed by atoms with van der Waals surface area (Å²) in [5.41, 5.74) is 6.09. The predicted molar refractivity (Wildman–Crippen MR) is 124 cm³/mol. The van der Waals surface area contributed by atoms with Crippen molar-refractivity contribution < 1.29 is 0 Å². The van der Waals surface area contributed by atoms with Crippen molar-refractivity contribution in [3.8, 4) is 22.4 Å². The minimum absolute atomic E-state index is 0.0567. The minimum Gasteiger partial charge on any atom is -0.265 e. The van der Waals surface area contributed by atoms with E-state index in [-0.39, 0.29) is 5.41 Å². The quantitative estimate of drug-likeness (QED) is 0.310.